The summed E-state index contributed by atoms with van der Waals surface area (Å²) >= 11 is 15.9. The second-order valence-electron chi connectivity index (χ2n) is 7.46. The van der Waals surface area contributed by atoms with Gasteiger partial charge in [-0.25, -0.2) is 4.90 Å². The standard InChI is InChI=1S/C23H19Br3N4O3S/c1-12-19(10-29(2)28-12)30-22(31)18(27-23(30)34)7-13-4-5-20(32-3)14(6-13)11-33-21-16(25)8-15(24)9-17(21)26/h4-10H,11H2,1-3H3,(H,27,34)/b18-7+. The molecule has 2 aromatic carbocycles. The van der Waals surface area contributed by atoms with Gasteiger partial charge in [0.15, 0.2) is 5.11 Å². The molecule has 7 nitrogen and oxygen atoms in total. The number of anilines is 1. The van der Waals surface area contributed by atoms with E-state index in [0.29, 0.717) is 28.0 Å². The van der Waals surface area contributed by atoms with E-state index >= 15 is 0 Å². The fourth-order valence-corrected chi connectivity index (χ4v) is 6.32. The van der Waals surface area contributed by atoms with Gasteiger partial charge in [0.25, 0.3) is 5.91 Å². The Bertz CT molecular complexity index is 1320. The van der Waals surface area contributed by atoms with Gasteiger partial charge in [0, 0.05) is 23.3 Å². The molecule has 1 fully saturated rings. The Morgan fingerprint density at radius 3 is 2.50 bits per heavy atom. The summed E-state index contributed by atoms with van der Waals surface area (Å²) in [5.41, 5.74) is 3.38. The number of nitrogens with zero attached hydrogens (tertiary/aromatic N) is 3. The van der Waals surface area contributed by atoms with Gasteiger partial charge in [-0.15, -0.1) is 0 Å². The van der Waals surface area contributed by atoms with Crippen LogP contribution >= 0.6 is 60.0 Å². The van der Waals surface area contributed by atoms with Gasteiger partial charge >= 0.3 is 0 Å². The lowest BCUT2D eigenvalue weighted by Gasteiger charge is -2.14. The molecule has 2 heterocycles. The fourth-order valence-electron chi connectivity index (χ4n) is 3.55. The Kier molecular flexibility index (Phi) is 7.46. The fraction of sp³-hybridized carbons (Fsp3) is 0.174. The number of rotatable bonds is 6. The summed E-state index contributed by atoms with van der Waals surface area (Å²) in [6.07, 6.45) is 3.53. The van der Waals surface area contributed by atoms with Crippen LogP contribution in [-0.2, 0) is 18.4 Å². The summed E-state index contributed by atoms with van der Waals surface area (Å²) in [6.45, 7) is 2.10. The van der Waals surface area contributed by atoms with E-state index in [0.717, 1.165) is 30.2 Å². The predicted octanol–water partition coefficient (Wildman–Crippen LogP) is 5.87. The van der Waals surface area contributed by atoms with Gasteiger partial charge in [-0.2, -0.15) is 5.10 Å². The van der Waals surface area contributed by atoms with Crippen LogP contribution in [0.15, 0.2) is 55.6 Å². The third-order valence-electron chi connectivity index (χ3n) is 5.06. The SMILES string of the molecule is COc1ccc(/C=C2/NC(=S)N(c3cn(C)nc3C)C2=O)cc1COc1c(Br)cc(Br)cc1Br. The van der Waals surface area contributed by atoms with Gasteiger partial charge in [-0.1, -0.05) is 22.0 Å². The molecule has 1 N–H and O–H groups in total. The Balaban J connectivity index is 1.60. The van der Waals surface area contributed by atoms with Crippen molar-refractivity contribution in [2.75, 3.05) is 12.0 Å². The van der Waals surface area contributed by atoms with E-state index in [1.165, 1.54) is 4.90 Å². The van der Waals surface area contributed by atoms with E-state index in [4.69, 9.17) is 21.7 Å². The van der Waals surface area contributed by atoms with Crippen molar-refractivity contribution < 1.29 is 14.3 Å². The number of carbonyl (C=O) groups excluding carboxylic acids is 1. The first-order valence-electron chi connectivity index (χ1n) is 9.99. The lowest BCUT2D eigenvalue weighted by Crippen LogP contribution is -2.30. The topological polar surface area (TPSA) is 68.6 Å². The van der Waals surface area contributed by atoms with Gasteiger partial charge in [0.2, 0.25) is 0 Å². The van der Waals surface area contributed by atoms with Crippen LogP contribution in [0.1, 0.15) is 16.8 Å². The molecule has 1 amide bonds. The molecule has 0 atom stereocenters. The lowest BCUT2D eigenvalue weighted by atomic mass is 10.1. The van der Waals surface area contributed by atoms with Crippen molar-refractivity contribution in [3.8, 4) is 11.5 Å². The summed E-state index contributed by atoms with van der Waals surface area (Å²) < 4.78 is 15.8. The molecule has 0 unspecified atom stereocenters. The number of hydrogen-bond acceptors (Lipinski definition) is 5. The summed E-state index contributed by atoms with van der Waals surface area (Å²) in [5.74, 6) is 1.12. The molecule has 0 spiro atoms. The maximum atomic E-state index is 13.1. The van der Waals surface area contributed by atoms with Gasteiger partial charge in [-0.3, -0.25) is 9.48 Å². The molecule has 1 saturated heterocycles. The highest BCUT2D eigenvalue weighted by atomic mass is 79.9. The number of ether oxygens (including phenoxy) is 2. The zero-order valence-corrected chi connectivity index (χ0v) is 23.9. The number of nitrogens with one attached hydrogen (secondary N) is 1. The molecule has 11 heteroatoms. The Hall–Kier alpha value is -2.21. The van der Waals surface area contributed by atoms with Gasteiger partial charge in [-0.05, 0) is 86.9 Å². The summed E-state index contributed by atoms with van der Waals surface area (Å²) in [4.78, 5) is 14.6. The predicted molar refractivity (Wildman–Crippen MR) is 146 cm³/mol. The molecule has 176 valence electrons. The van der Waals surface area contributed by atoms with Crippen LogP contribution in [0.3, 0.4) is 0 Å². The van der Waals surface area contributed by atoms with E-state index in [9.17, 15) is 4.79 Å². The molecule has 1 aromatic heterocycles. The molecular formula is C23H19Br3N4O3S. The molecule has 1 aliphatic rings. The lowest BCUT2D eigenvalue weighted by molar-refractivity contribution is -0.113. The summed E-state index contributed by atoms with van der Waals surface area (Å²) in [6, 6.07) is 9.46. The summed E-state index contributed by atoms with van der Waals surface area (Å²) in [5, 5.41) is 7.64. The molecule has 1 aliphatic heterocycles. The van der Waals surface area contributed by atoms with Crippen LogP contribution in [0, 0.1) is 6.92 Å². The number of thiocarbonyl (C=S) groups is 1. The monoisotopic (exact) mass is 668 g/mol. The maximum Gasteiger partial charge on any atom is 0.281 e. The molecule has 0 saturated carbocycles. The van der Waals surface area contributed by atoms with Gasteiger partial charge in [0.1, 0.15) is 23.8 Å². The van der Waals surface area contributed by atoms with Crippen molar-refractivity contribution in [3.63, 3.8) is 0 Å². The minimum Gasteiger partial charge on any atom is -0.496 e. The first kappa shape index (κ1) is 24.9. The van der Waals surface area contributed by atoms with Gasteiger partial charge < -0.3 is 14.8 Å². The number of methoxy groups -OCH3 is 1. The first-order chi connectivity index (χ1) is 16.2. The van der Waals surface area contributed by atoms with Crippen molar-refractivity contribution in [2.45, 2.75) is 13.5 Å². The normalized spacial score (nSPS) is 14.6. The Morgan fingerprint density at radius 2 is 1.88 bits per heavy atom. The number of carbonyl (C=O) groups is 1. The van der Waals surface area contributed by atoms with Crippen LogP contribution in [0.25, 0.3) is 6.08 Å². The molecule has 0 aliphatic carbocycles. The molecule has 3 aromatic rings. The van der Waals surface area contributed by atoms with Crippen LogP contribution in [0.4, 0.5) is 5.69 Å². The van der Waals surface area contributed by atoms with Crippen molar-refractivity contribution in [3.05, 3.63) is 72.5 Å². The quantitative estimate of drug-likeness (QED) is 0.262. The number of benzene rings is 2. The highest BCUT2D eigenvalue weighted by molar-refractivity contribution is 9.11. The molecule has 34 heavy (non-hydrogen) atoms. The average molecular weight is 671 g/mol. The minimum atomic E-state index is -0.238. The van der Waals surface area contributed by atoms with Crippen LogP contribution in [-0.4, -0.2) is 27.9 Å². The highest BCUT2D eigenvalue weighted by Gasteiger charge is 2.33. The Morgan fingerprint density at radius 1 is 1.18 bits per heavy atom. The maximum absolute atomic E-state index is 13.1. The van der Waals surface area contributed by atoms with E-state index in [1.807, 2.05) is 37.3 Å². The van der Waals surface area contributed by atoms with E-state index in [2.05, 4.69) is 58.2 Å². The van der Waals surface area contributed by atoms with Crippen molar-refractivity contribution in [1.29, 1.82) is 0 Å². The highest BCUT2D eigenvalue weighted by Crippen LogP contribution is 2.37. The number of aryl methyl sites for hydroxylation is 2. The smallest absolute Gasteiger partial charge is 0.281 e. The number of halogens is 3. The number of hydrogen-bond donors (Lipinski definition) is 1. The minimum absolute atomic E-state index is 0.238. The van der Waals surface area contributed by atoms with Crippen LogP contribution < -0.4 is 19.7 Å². The van der Waals surface area contributed by atoms with E-state index in [-0.39, 0.29) is 12.5 Å². The molecule has 0 bridgehead atoms. The largest absolute Gasteiger partial charge is 0.496 e. The number of aromatic nitrogens is 2. The zero-order valence-electron chi connectivity index (χ0n) is 18.4. The van der Waals surface area contributed by atoms with Crippen LogP contribution in [0.5, 0.6) is 11.5 Å². The second-order valence-corrected chi connectivity index (χ2v) is 10.5. The zero-order chi connectivity index (χ0) is 24.6. The van der Waals surface area contributed by atoms with Crippen LogP contribution in [0.2, 0.25) is 0 Å². The molecule has 0 radical (unpaired) electrons. The number of amides is 1. The average Bonchev–Trinajstić information content (AvgIpc) is 3.23. The summed E-state index contributed by atoms with van der Waals surface area (Å²) in [7, 11) is 3.41. The van der Waals surface area contributed by atoms with Crippen molar-refractivity contribution in [2.24, 2.45) is 7.05 Å². The first-order valence-corrected chi connectivity index (χ1v) is 12.8. The van der Waals surface area contributed by atoms with Gasteiger partial charge in [0.05, 0.1) is 27.4 Å². The van der Waals surface area contributed by atoms with Crippen molar-refractivity contribution in [1.82, 2.24) is 15.1 Å². The second kappa shape index (κ2) is 10.2. The molecular weight excluding hydrogens is 652 g/mol. The molecule has 4 rings (SSSR count). The van der Waals surface area contributed by atoms with E-state index < -0.39 is 0 Å². The Labute approximate surface area is 227 Å². The van der Waals surface area contributed by atoms with Crippen molar-refractivity contribution >= 4 is 82.8 Å². The third kappa shape index (κ3) is 5.07. The third-order valence-corrected chi connectivity index (χ3v) is 6.98. The van der Waals surface area contributed by atoms with E-state index in [1.54, 1.807) is 31.1 Å².